The number of rotatable bonds is 10. The number of nitrogens with zero attached hydrogens (tertiary/aromatic N) is 1. The highest BCUT2D eigenvalue weighted by molar-refractivity contribution is 7.98. The van der Waals surface area contributed by atoms with Crippen LogP contribution in [0.25, 0.3) is 0 Å². The van der Waals surface area contributed by atoms with Crippen LogP contribution in [0, 0.1) is 10.1 Å². The molecule has 3 N–H and O–H groups in total. The first kappa shape index (κ1) is 17.4. The Bertz CT molecular complexity index is 626. The van der Waals surface area contributed by atoms with E-state index < -0.39 is 4.92 Å². The lowest BCUT2D eigenvalue weighted by Crippen LogP contribution is -2.16. The largest absolute Gasteiger partial charge is 0.464 e. The summed E-state index contributed by atoms with van der Waals surface area (Å²) < 4.78 is 5.80. The van der Waals surface area contributed by atoms with Crippen molar-refractivity contribution >= 4 is 23.3 Å². The monoisotopic (exact) mass is 338 g/mol. The molecular weight excluding hydrogens is 316 g/mol. The Morgan fingerprint density at radius 1 is 1.43 bits per heavy atom. The maximum absolute atomic E-state index is 10.8. The lowest BCUT2D eigenvalue weighted by molar-refractivity contribution is -0.383. The normalized spacial score (nSPS) is 12.3. The maximum Gasteiger partial charge on any atom is 0.310 e. The van der Waals surface area contributed by atoms with Crippen LogP contribution in [0.2, 0.25) is 0 Å². The van der Waals surface area contributed by atoms with E-state index in [-0.39, 0.29) is 11.7 Å². The molecule has 126 valence electrons. The number of aromatic amines is 1. The van der Waals surface area contributed by atoms with E-state index in [1.54, 1.807) is 18.0 Å². The fourth-order valence-electron chi connectivity index (χ4n) is 2.19. The van der Waals surface area contributed by atoms with Crippen molar-refractivity contribution in [2.24, 2.45) is 0 Å². The highest BCUT2D eigenvalue weighted by Gasteiger charge is 2.13. The van der Waals surface area contributed by atoms with Crippen molar-refractivity contribution in [1.82, 2.24) is 10.3 Å². The van der Waals surface area contributed by atoms with Crippen molar-refractivity contribution in [2.75, 3.05) is 24.2 Å². The fourth-order valence-corrected chi connectivity index (χ4v) is 2.93. The molecule has 0 aliphatic carbocycles. The average Bonchev–Trinajstić information content (AvgIpc) is 3.16. The molecule has 23 heavy (non-hydrogen) atoms. The average molecular weight is 338 g/mol. The van der Waals surface area contributed by atoms with Crippen LogP contribution >= 0.6 is 11.8 Å². The van der Waals surface area contributed by atoms with Crippen molar-refractivity contribution in [3.05, 3.63) is 46.0 Å². The minimum Gasteiger partial charge on any atom is -0.464 e. The lowest BCUT2D eigenvalue weighted by Gasteiger charge is -2.08. The van der Waals surface area contributed by atoms with Gasteiger partial charge in [-0.25, -0.2) is 0 Å². The van der Waals surface area contributed by atoms with Gasteiger partial charge in [-0.1, -0.05) is 6.92 Å². The Balaban J connectivity index is 1.69. The number of thioether (sulfide) groups is 1. The maximum atomic E-state index is 10.8. The van der Waals surface area contributed by atoms with Gasteiger partial charge in [0.25, 0.3) is 0 Å². The van der Waals surface area contributed by atoms with Crippen LogP contribution in [0.3, 0.4) is 0 Å². The highest BCUT2D eigenvalue weighted by Crippen LogP contribution is 2.22. The molecule has 0 aliphatic rings. The second kappa shape index (κ2) is 8.64. The third-order valence-electron chi connectivity index (χ3n) is 3.33. The van der Waals surface area contributed by atoms with Gasteiger partial charge in [0.1, 0.15) is 11.5 Å². The Morgan fingerprint density at radius 3 is 3.00 bits per heavy atom. The lowest BCUT2D eigenvalue weighted by atomic mass is 10.2. The minimum atomic E-state index is -0.401. The summed E-state index contributed by atoms with van der Waals surface area (Å²) in [5, 5.41) is 17.1. The van der Waals surface area contributed by atoms with E-state index in [0.717, 1.165) is 29.6 Å². The molecule has 8 heteroatoms. The predicted molar refractivity (Wildman–Crippen MR) is 92.9 cm³/mol. The van der Waals surface area contributed by atoms with Gasteiger partial charge in [-0.3, -0.25) is 10.1 Å². The summed E-state index contributed by atoms with van der Waals surface area (Å²) in [7, 11) is 0. The minimum absolute atomic E-state index is 0.0723. The number of aromatic nitrogens is 1. The van der Waals surface area contributed by atoms with E-state index in [4.69, 9.17) is 4.42 Å². The molecule has 2 heterocycles. The molecule has 0 saturated heterocycles. The first-order valence-corrected chi connectivity index (χ1v) is 8.72. The van der Waals surface area contributed by atoms with Gasteiger partial charge in [-0.05, 0) is 25.6 Å². The molecule has 0 fully saturated rings. The Morgan fingerprint density at radius 2 is 2.26 bits per heavy atom. The van der Waals surface area contributed by atoms with Gasteiger partial charge in [0.15, 0.2) is 5.82 Å². The van der Waals surface area contributed by atoms with Crippen molar-refractivity contribution in [2.45, 2.75) is 25.6 Å². The molecule has 1 atom stereocenters. The standard InChI is InChI=1S/C15H22N4O3S/c1-3-16-11(2)14-5-4-12(22-14)10-23-9-8-18-15-13(19(20)21)6-7-17-15/h4-7,11,16-18H,3,8-10H2,1-2H3. The zero-order valence-electron chi connectivity index (χ0n) is 13.3. The summed E-state index contributed by atoms with van der Waals surface area (Å²) >= 11 is 1.72. The summed E-state index contributed by atoms with van der Waals surface area (Å²) in [6.07, 6.45) is 1.56. The zero-order valence-corrected chi connectivity index (χ0v) is 14.1. The Kier molecular flexibility index (Phi) is 6.54. The van der Waals surface area contributed by atoms with Crippen molar-refractivity contribution in [3.63, 3.8) is 0 Å². The van der Waals surface area contributed by atoms with E-state index in [1.165, 1.54) is 6.07 Å². The van der Waals surface area contributed by atoms with Crippen molar-refractivity contribution < 1.29 is 9.34 Å². The SMILES string of the molecule is CCNC(C)c1ccc(CSCCNc2[nH]ccc2[N+](=O)[O-])o1. The van der Waals surface area contributed by atoms with E-state index in [9.17, 15) is 10.1 Å². The number of nitrogens with one attached hydrogen (secondary N) is 3. The van der Waals surface area contributed by atoms with Gasteiger partial charge in [0, 0.05) is 24.6 Å². The fraction of sp³-hybridized carbons (Fsp3) is 0.467. The first-order valence-electron chi connectivity index (χ1n) is 7.57. The summed E-state index contributed by atoms with van der Waals surface area (Å²) in [5.74, 6) is 3.96. The van der Waals surface area contributed by atoms with E-state index in [2.05, 4.69) is 29.5 Å². The van der Waals surface area contributed by atoms with Gasteiger partial charge in [-0.2, -0.15) is 11.8 Å². The van der Waals surface area contributed by atoms with Crippen LogP contribution in [-0.4, -0.2) is 28.7 Å². The predicted octanol–water partition coefficient (Wildman–Crippen LogP) is 3.53. The molecule has 0 spiro atoms. The molecule has 0 bridgehead atoms. The third kappa shape index (κ3) is 5.04. The highest BCUT2D eigenvalue weighted by atomic mass is 32.2. The molecule has 0 amide bonds. The first-order chi connectivity index (χ1) is 11.1. The second-order valence-corrected chi connectivity index (χ2v) is 6.16. The van der Waals surface area contributed by atoms with Crippen LogP contribution in [0.5, 0.6) is 0 Å². The summed E-state index contributed by atoms with van der Waals surface area (Å²) in [6, 6.07) is 5.67. The van der Waals surface area contributed by atoms with Gasteiger partial charge >= 0.3 is 5.69 Å². The Hall–Kier alpha value is -1.93. The number of hydrogen-bond acceptors (Lipinski definition) is 6. The van der Waals surface area contributed by atoms with Gasteiger partial charge in [0.2, 0.25) is 0 Å². The topological polar surface area (TPSA) is 96.1 Å². The second-order valence-electron chi connectivity index (χ2n) is 5.06. The number of hydrogen-bond donors (Lipinski definition) is 3. The van der Waals surface area contributed by atoms with Crippen LogP contribution in [0.1, 0.15) is 31.4 Å². The molecular formula is C15H22N4O3S. The van der Waals surface area contributed by atoms with Gasteiger partial charge < -0.3 is 20.0 Å². The number of nitro groups is 1. The number of H-pyrrole nitrogens is 1. The Labute approximate surface area is 139 Å². The summed E-state index contributed by atoms with van der Waals surface area (Å²) in [6.45, 7) is 5.69. The smallest absolute Gasteiger partial charge is 0.310 e. The zero-order chi connectivity index (χ0) is 16.7. The molecule has 0 radical (unpaired) electrons. The molecule has 2 aromatic heterocycles. The quantitative estimate of drug-likeness (QED) is 0.348. The summed E-state index contributed by atoms with van der Waals surface area (Å²) in [4.78, 5) is 13.2. The summed E-state index contributed by atoms with van der Waals surface area (Å²) in [5.41, 5.74) is 0.0723. The van der Waals surface area contributed by atoms with Crippen LogP contribution < -0.4 is 10.6 Å². The molecule has 7 nitrogen and oxygen atoms in total. The molecule has 1 unspecified atom stereocenters. The van der Waals surface area contributed by atoms with Crippen LogP contribution in [0.4, 0.5) is 11.5 Å². The van der Waals surface area contributed by atoms with E-state index in [1.807, 2.05) is 12.1 Å². The van der Waals surface area contributed by atoms with Crippen LogP contribution in [-0.2, 0) is 5.75 Å². The molecule has 0 aromatic carbocycles. The number of anilines is 1. The number of furan rings is 1. The van der Waals surface area contributed by atoms with Crippen molar-refractivity contribution in [1.29, 1.82) is 0 Å². The third-order valence-corrected chi connectivity index (χ3v) is 4.32. The molecule has 0 saturated carbocycles. The van der Waals surface area contributed by atoms with Crippen LogP contribution in [0.15, 0.2) is 28.8 Å². The molecule has 2 aromatic rings. The van der Waals surface area contributed by atoms with E-state index >= 15 is 0 Å². The van der Waals surface area contributed by atoms with Gasteiger partial charge in [0.05, 0.1) is 16.7 Å². The van der Waals surface area contributed by atoms with Gasteiger partial charge in [-0.15, -0.1) is 0 Å². The molecule has 2 rings (SSSR count). The van der Waals surface area contributed by atoms with Crippen molar-refractivity contribution in [3.8, 4) is 0 Å². The molecule has 0 aliphatic heterocycles. The van der Waals surface area contributed by atoms with E-state index in [0.29, 0.717) is 12.4 Å².